The smallest absolute Gasteiger partial charge is 0.282 e. The second-order valence-corrected chi connectivity index (χ2v) is 6.54. The van der Waals surface area contributed by atoms with Gasteiger partial charge in [0.2, 0.25) is 0 Å². The van der Waals surface area contributed by atoms with Crippen LogP contribution >= 0.6 is 0 Å². The maximum atomic E-state index is 12.8. The number of nitro benzene ring substituents is 1. The lowest BCUT2D eigenvalue weighted by atomic mass is 9.95. The van der Waals surface area contributed by atoms with Crippen molar-refractivity contribution in [1.82, 2.24) is 5.32 Å². The first-order chi connectivity index (χ1) is 13.4. The first kappa shape index (κ1) is 21.2. The van der Waals surface area contributed by atoms with E-state index in [1.807, 2.05) is 45.9 Å². The quantitative estimate of drug-likeness (QED) is 0.505. The molecule has 2 rings (SSSR count). The SMILES string of the molecule is CCOc1ccc(C(NC(=O)c2ccccc2[N+](=O)[O-])C(C)C)cc1OCC. The van der Waals surface area contributed by atoms with E-state index in [0.717, 1.165) is 5.56 Å². The van der Waals surface area contributed by atoms with Crippen LogP contribution in [0.2, 0.25) is 0 Å². The van der Waals surface area contributed by atoms with Gasteiger partial charge in [-0.1, -0.05) is 32.0 Å². The van der Waals surface area contributed by atoms with Gasteiger partial charge in [-0.25, -0.2) is 0 Å². The van der Waals surface area contributed by atoms with Crippen molar-refractivity contribution in [3.8, 4) is 11.5 Å². The van der Waals surface area contributed by atoms with Crippen LogP contribution in [-0.4, -0.2) is 24.0 Å². The molecule has 1 N–H and O–H groups in total. The molecule has 1 atom stereocenters. The number of carbonyl (C=O) groups excluding carboxylic acids is 1. The van der Waals surface area contributed by atoms with E-state index >= 15 is 0 Å². The van der Waals surface area contributed by atoms with Crippen molar-refractivity contribution in [2.24, 2.45) is 5.92 Å². The zero-order valence-corrected chi connectivity index (χ0v) is 16.6. The number of hydrogen-bond donors (Lipinski definition) is 1. The number of nitrogens with zero attached hydrogens (tertiary/aromatic N) is 1. The van der Waals surface area contributed by atoms with Crippen LogP contribution in [0, 0.1) is 16.0 Å². The Morgan fingerprint density at radius 1 is 1.07 bits per heavy atom. The number of ether oxygens (including phenoxy) is 2. The molecule has 0 spiro atoms. The average Bonchev–Trinajstić information content (AvgIpc) is 2.67. The molecule has 7 nitrogen and oxygen atoms in total. The number of benzene rings is 2. The van der Waals surface area contributed by atoms with Crippen molar-refractivity contribution in [3.63, 3.8) is 0 Å². The molecular formula is C21H26N2O5. The zero-order valence-electron chi connectivity index (χ0n) is 16.6. The number of hydrogen-bond acceptors (Lipinski definition) is 5. The van der Waals surface area contributed by atoms with Crippen LogP contribution in [-0.2, 0) is 0 Å². The van der Waals surface area contributed by atoms with E-state index in [-0.39, 0.29) is 23.2 Å². The van der Waals surface area contributed by atoms with Crippen molar-refractivity contribution in [3.05, 3.63) is 63.7 Å². The number of nitro groups is 1. The van der Waals surface area contributed by atoms with Gasteiger partial charge in [-0.2, -0.15) is 0 Å². The predicted octanol–water partition coefficient (Wildman–Crippen LogP) is 4.52. The highest BCUT2D eigenvalue weighted by Crippen LogP contribution is 2.33. The minimum absolute atomic E-state index is 0.0362. The summed E-state index contributed by atoms with van der Waals surface area (Å²) in [7, 11) is 0. The molecule has 1 amide bonds. The van der Waals surface area contributed by atoms with Crippen LogP contribution in [0.1, 0.15) is 49.7 Å². The Balaban J connectivity index is 2.35. The molecule has 1 unspecified atom stereocenters. The Bertz CT molecular complexity index is 835. The van der Waals surface area contributed by atoms with Gasteiger partial charge in [0.15, 0.2) is 11.5 Å². The zero-order chi connectivity index (χ0) is 20.7. The Morgan fingerprint density at radius 3 is 2.32 bits per heavy atom. The first-order valence-electron chi connectivity index (χ1n) is 9.32. The molecule has 0 radical (unpaired) electrons. The van der Waals surface area contributed by atoms with Crippen molar-refractivity contribution in [2.45, 2.75) is 33.7 Å². The minimum Gasteiger partial charge on any atom is -0.490 e. The largest absolute Gasteiger partial charge is 0.490 e. The number of carbonyl (C=O) groups is 1. The van der Waals surface area contributed by atoms with E-state index in [2.05, 4.69) is 5.32 Å². The van der Waals surface area contributed by atoms with E-state index in [9.17, 15) is 14.9 Å². The lowest BCUT2D eigenvalue weighted by Crippen LogP contribution is -2.32. The van der Waals surface area contributed by atoms with E-state index in [4.69, 9.17) is 9.47 Å². The highest BCUT2D eigenvalue weighted by atomic mass is 16.6. The topological polar surface area (TPSA) is 90.7 Å². The summed E-state index contributed by atoms with van der Waals surface area (Å²) in [5, 5.41) is 14.2. The van der Waals surface area contributed by atoms with Crippen molar-refractivity contribution < 1.29 is 19.2 Å². The fourth-order valence-electron chi connectivity index (χ4n) is 2.94. The Morgan fingerprint density at radius 2 is 1.71 bits per heavy atom. The molecule has 2 aromatic rings. The number of amides is 1. The van der Waals surface area contributed by atoms with E-state index in [1.54, 1.807) is 6.07 Å². The van der Waals surface area contributed by atoms with E-state index < -0.39 is 10.8 Å². The summed E-state index contributed by atoms with van der Waals surface area (Å²) in [6, 6.07) is 11.1. The van der Waals surface area contributed by atoms with Gasteiger partial charge in [-0.05, 0) is 43.5 Å². The second-order valence-electron chi connectivity index (χ2n) is 6.54. The summed E-state index contributed by atoms with van der Waals surface area (Å²) >= 11 is 0. The van der Waals surface area contributed by atoms with Crippen LogP contribution in [0.15, 0.2) is 42.5 Å². The Labute approximate surface area is 164 Å². The number of para-hydroxylation sites is 1. The molecule has 0 fully saturated rings. The molecular weight excluding hydrogens is 360 g/mol. The van der Waals surface area contributed by atoms with Crippen molar-refractivity contribution in [1.29, 1.82) is 0 Å². The Kier molecular flexibility index (Phi) is 7.37. The molecule has 28 heavy (non-hydrogen) atoms. The molecule has 7 heteroatoms. The number of rotatable bonds is 9. The van der Waals surface area contributed by atoms with Gasteiger partial charge < -0.3 is 14.8 Å². The molecule has 0 aliphatic heterocycles. The maximum Gasteiger partial charge on any atom is 0.282 e. The molecule has 0 bridgehead atoms. The van der Waals surface area contributed by atoms with Crippen LogP contribution in [0.25, 0.3) is 0 Å². The fraction of sp³-hybridized carbons (Fsp3) is 0.381. The predicted molar refractivity (Wildman–Crippen MR) is 107 cm³/mol. The van der Waals surface area contributed by atoms with Gasteiger partial charge in [-0.3, -0.25) is 14.9 Å². The Hall–Kier alpha value is -3.09. The third-order valence-electron chi connectivity index (χ3n) is 4.23. The highest BCUT2D eigenvalue weighted by Gasteiger charge is 2.25. The van der Waals surface area contributed by atoms with Crippen LogP contribution in [0.4, 0.5) is 5.69 Å². The third kappa shape index (κ3) is 5.00. The second kappa shape index (κ2) is 9.73. The molecule has 0 heterocycles. The van der Waals surface area contributed by atoms with Gasteiger partial charge >= 0.3 is 0 Å². The van der Waals surface area contributed by atoms with Crippen molar-refractivity contribution in [2.75, 3.05) is 13.2 Å². The lowest BCUT2D eigenvalue weighted by molar-refractivity contribution is -0.385. The summed E-state index contributed by atoms with van der Waals surface area (Å²) < 4.78 is 11.3. The summed E-state index contributed by atoms with van der Waals surface area (Å²) in [5.74, 6) is 0.810. The molecule has 0 aliphatic rings. The average molecular weight is 386 g/mol. The molecule has 0 aliphatic carbocycles. The third-order valence-corrected chi connectivity index (χ3v) is 4.23. The van der Waals surface area contributed by atoms with Gasteiger partial charge in [0, 0.05) is 6.07 Å². The minimum atomic E-state index is -0.552. The van der Waals surface area contributed by atoms with Gasteiger partial charge in [-0.15, -0.1) is 0 Å². The normalized spacial score (nSPS) is 11.8. The van der Waals surface area contributed by atoms with Crippen LogP contribution in [0.3, 0.4) is 0 Å². The van der Waals surface area contributed by atoms with Crippen LogP contribution in [0.5, 0.6) is 11.5 Å². The maximum absolute atomic E-state index is 12.8. The molecule has 150 valence electrons. The summed E-state index contributed by atoms with van der Waals surface area (Å²) in [5.41, 5.74) is 0.659. The molecule has 0 aromatic heterocycles. The molecule has 0 saturated heterocycles. The standard InChI is InChI=1S/C21H26N2O5/c1-5-27-18-12-11-15(13-19(18)28-6-2)20(14(3)4)22-21(24)16-9-7-8-10-17(16)23(25)26/h7-14,20H,5-6H2,1-4H3,(H,22,24). The number of nitrogens with one attached hydrogen (secondary N) is 1. The lowest BCUT2D eigenvalue weighted by Gasteiger charge is -2.24. The van der Waals surface area contributed by atoms with Gasteiger partial charge in [0.25, 0.3) is 11.6 Å². The fourth-order valence-corrected chi connectivity index (χ4v) is 2.94. The monoisotopic (exact) mass is 386 g/mol. The van der Waals surface area contributed by atoms with Gasteiger partial charge in [0.05, 0.1) is 24.2 Å². The van der Waals surface area contributed by atoms with Crippen molar-refractivity contribution >= 4 is 11.6 Å². The summed E-state index contributed by atoms with van der Waals surface area (Å²) in [6.45, 7) is 8.73. The first-order valence-corrected chi connectivity index (χ1v) is 9.32. The molecule has 0 saturated carbocycles. The molecule has 2 aromatic carbocycles. The highest BCUT2D eigenvalue weighted by molar-refractivity contribution is 5.98. The van der Waals surface area contributed by atoms with E-state index in [0.29, 0.717) is 24.7 Å². The van der Waals surface area contributed by atoms with Crippen LogP contribution < -0.4 is 14.8 Å². The summed E-state index contributed by atoms with van der Waals surface area (Å²) in [6.07, 6.45) is 0. The van der Waals surface area contributed by atoms with E-state index in [1.165, 1.54) is 18.2 Å². The summed E-state index contributed by atoms with van der Waals surface area (Å²) in [4.78, 5) is 23.4. The van der Waals surface area contributed by atoms with Gasteiger partial charge in [0.1, 0.15) is 5.56 Å².